The highest BCUT2D eigenvalue weighted by molar-refractivity contribution is 7.89. The van der Waals surface area contributed by atoms with Crippen molar-refractivity contribution in [2.24, 2.45) is 7.05 Å². The number of oxazole rings is 1. The number of carbonyl (C=O) groups excluding carboxylic acids is 1. The Balaban J connectivity index is 1.65. The number of aromatic nitrogens is 1. The normalized spacial score (nSPS) is 12.6. The molecule has 0 aliphatic heterocycles. The molecule has 0 aliphatic rings. The van der Waals surface area contributed by atoms with Crippen LogP contribution in [-0.4, -0.2) is 24.9 Å². The molecule has 1 heterocycles. The van der Waals surface area contributed by atoms with Gasteiger partial charge in [-0.25, -0.2) is 13.2 Å². The molecule has 0 spiro atoms. The van der Waals surface area contributed by atoms with E-state index < -0.39 is 27.7 Å². The van der Waals surface area contributed by atoms with E-state index in [1.54, 1.807) is 0 Å². The SMILES string of the molecule is Cc1cc(C)cc(NC(=O)[C@@H](Cc2ccccc2)NS(=O)(=O)c2ccc3c(c2)oc(=O)n3C)c1. The lowest BCUT2D eigenvalue weighted by atomic mass is 10.1. The summed E-state index contributed by atoms with van der Waals surface area (Å²) in [6.45, 7) is 3.84. The van der Waals surface area contributed by atoms with Crippen molar-refractivity contribution in [2.45, 2.75) is 31.2 Å². The maximum absolute atomic E-state index is 13.2. The van der Waals surface area contributed by atoms with Gasteiger partial charge in [-0.1, -0.05) is 36.4 Å². The number of nitrogens with one attached hydrogen (secondary N) is 2. The molecule has 3 aromatic carbocycles. The fourth-order valence-electron chi connectivity index (χ4n) is 3.85. The highest BCUT2D eigenvalue weighted by Crippen LogP contribution is 2.20. The first-order chi connectivity index (χ1) is 16.1. The zero-order valence-corrected chi connectivity index (χ0v) is 19.8. The topological polar surface area (TPSA) is 110 Å². The summed E-state index contributed by atoms with van der Waals surface area (Å²) in [4.78, 5) is 24.9. The van der Waals surface area contributed by atoms with Gasteiger partial charge in [-0.05, 0) is 61.2 Å². The summed E-state index contributed by atoms with van der Waals surface area (Å²) in [6, 6.07) is 17.9. The Morgan fingerprint density at radius 3 is 2.35 bits per heavy atom. The largest absolute Gasteiger partial charge is 0.419 e. The quantitative estimate of drug-likeness (QED) is 0.423. The van der Waals surface area contributed by atoms with E-state index in [-0.39, 0.29) is 16.9 Å². The average molecular weight is 480 g/mol. The van der Waals surface area contributed by atoms with Crippen molar-refractivity contribution in [3.8, 4) is 0 Å². The Morgan fingerprint density at radius 1 is 1.00 bits per heavy atom. The van der Waals surface area contributed by atoms with E-state index in [9.17, 15) is 18.0 Å². The highest BCUT2D eigenvalue weighted by atomic mass is 32.2. The Hall–Kier alpha value is -3.69. The third-order valence-corrected chi connectivity index (χ3v) is 6.93. The molecule has 1 aromatic heterocycles. The second-order valence-corrected chi connectivity index (χ2v) is 10.00. The minimum Gasteiger partial charge on any atom is -0.408 e. The molecule has 176 valence electrons. The summed E-state index contributed by atoms with van der Waals surface area (Å²) in [5.74, 6) is -1.07. The lowest BCUT2D eigenvalue weighted by molar-refractivity contribution is -0.117. The molecule has 4 rings (SSSR count). The van der Waals surface area contributed by atoms with Crippen molar-refractivity contribution < 1.29 is 17.6 Å². The van der Waals surface area contributed by atoms with Gasteiger partial charge in [0.05, 0.1) is 10.4 Å². The predicted octanol–water partition coefficient (Wildman–Crippen LogP) is 3.28. The smallest absolute Gasteiger partial charge is 0.408 e. The summed E-state index contributed by atoms with van der Waals surface area (Å²) < 4.78 is 35.4. The maximum atomic E-state index is 13.2. The molecule has 0 saturated heterocycles. The van der Waals surface area contributed by atoms with Crippen LogP contribution in [0.2, 0.25) is 0 Å². The zero-order valence-electron chi connectivity index (χ0n) is 19.0. The number of hydrogen-bond acceptors (Lipinski definition) is 5. The van der Waals surface area contributed by atoms with Gasteiger partial charge in [0.15, 0.2) is 5.58 Å². The first kappa shape index (κ1) is 23.5. The van der Waals surface area contributed by atoms with Crippen LogP contribution in [0.5, 0.6) is 0 Å². The van der Waals surface area contributed by atoms with Crippen LogP contribution in [0.3, 0.4) is 0 Å². The van der Waals surface area contributed by atoms with E-state index in [0.717, 1.165) is 16.7 Å². The molecule has 34 heavy (non-hydrogen) atoms. The number of aryl methyl sites for hydroxylation is 3. The van der Waals surface area contributed by atoms with Gasteiger partial charge in [0.1, 0.15) is 6.04 Å². The van der Waals surface area contributed by atoms with Crippen LogP contribution in [-0.2, 0) is 28.3 Å². The maximum Gasteiger partial charge on any atom is 0.419 e. The van der Waals surface area contributed by atoms with E-state index in [4.69, 9.17) is 4.42 Å². The van der Waals surface area contributed by atoms with E-state index >= 15 is 0 Å². The van der Waals surface area contributed by atoms with Crippen LogP contribution in [0.4, 0.5) is 5.69 Å². The van der Waals surface area contributed by atoms with Gasteiger partial charge in [0, 0.05) is 18.8 Å². The Bertz CT molecular complexity index is 1500. The number of carbonyl (C=O) groups is 1. The average Bonchev–Trinajstić information content (AvgIpc) is 3.06. The fourth-order valence-corrected chi connectivity index (χ4v) is 5.06. The van der Waals surface area contributed by atoms with E-state index in [1.807, 2.05) is 62.4 Å². The number of fused-ring (bicyclic) bond motifs is 1. The lowest BCUT2D eigenvalue weighted by Crippen LogP contribution is -2.45. The Labute approximate surface area is 197 Å². The second-order valence-electron chi connectivity index (χ2n) is 8.29. The van der Waals surface area contributed by atoms with E-state index in [0.29, 0.717) is 11.2 Å². The number of hydrogen-bond donors (Lipinski definition) is 2. The first-order valence-electron chi connectivity index (χ1n) is 10.7. The molecule has 0 saturated carbocycles. The Kier molecular flexibility index (Phi) is 6.41. The molecule has 0 fully saturated rings. The molecule has 9 heteroatoms. The number of sulfonamides is 1. The molecule has 0 unspecified atom stereocenters. The molecule has 0 radical (unpaired) electrons. The van der Waals surface area contributed by atoms with Crippen LogP contribution in [0.25, 0.3) is 11.1 Å². The number of benzene rings is 3. The van der Waals surface area contributed by atoms with Crippen molar-refractivity contribution in [1.29, 1.82) is 0 Å². The van der Waals surface area contributed by atoms with Crippen LogP contribution in [0.15, 0.2) is 80.8 Å². The first-order valence-corrected chi connectivity index (χ1v) is 12.2. The van der Waals surface area contributed by atoms with Crippen molar-refractivity contribution in [3.63, 3.8) is 0 Å². The Morgan fingerprint density at radius 2 is 1.68 bits per heavy atom. The monoisotopic (exact) mass is 479 g/mol. The number of nitrogens with zero attached hydrogens (tertiary/aromatic N) is 1. The van der Waals surface area contributed by atoms with Crippen LogP contribution in [0.1, 0.15) is 16.7 Å². The molecule has 0 aliphatic carbocycles. The van der Waals surface area contributed by atoms with Crippen LogP contribution < -0.4 is 15.8 Å². The summed E-state index contributed by atoms with van der Waals surface area (Å²) in [7, 11) is -2.57. The predicted molar refractivity (Wildman–Crippen MR) is 130 cm³/mol. The van der Waals surface area contributed by atoms with Gasteiger partial charge < -0.3 is 9.73 Å². The molecular weight excluding hydrogens is 454 g/mol. The number of amides is 1. The third kappa shape index (κ3) is 5.11. The van der Waals surface area contributed by atoms with Gasteiger partial charge in [0.25, 0.3) is 0 Å². The molecule has 4 aromatic rings. The van der Waals surface area contributed by atoms with Gasteiger partial charge >= 0.3 is 5.76 Å². The second kappa shape index (κ2) is 9.28. The van der Waals surface area contributed by atoms with Crippen molar-refractivity contribution in [2.75, 3.05) is 5.32 Å². The minimum absolute atomic E-state index is 0.105. The molecule has 0 bridgehead atoms. The zero-order chi connectivity index (χ0) is 24.5. The standard InChI is InChI=1S/C25H25N3O5S/c1-16-11-17(2)13-19(12-16)26-24(29)21(14-18-7-5-4-6-8-18)27-34(31,32)20-9-10-22-23(15-20)33-25(30)28(22)3/h4-13,15,21,27H,14H2,1-3H3,(H,26,29)/t21-/m1/s1. The van der Waals surface area contributed by atoms with Crippen molar-refractivity contribution in [1.82, 2.24) is 9.29 Å². The van der Waals surface area contributed by atoms with Crippen molar-refractivity contribution >= 4 is 32.7 Å². The third-order valence-electron chi connectivity index (χ3n) is 5.46. The van der Waals surface area contributed by atoms with Gasteiger partial charge in [-0.2, -0.15) is 4.72 Å². The fraction of sp³-hybridized carbons (Fsp3) is 0.200. The van der Waals surface area contributed by atoms with Gasteiger partial charge in [-0.15, -0.1) is 0 Å². The summed E-state index contributed by atoms with van der Waals surface area (Å²) in [5.41, 5.74) is 3.97. The molecule has 1 amide bonds. The minimum atomic E-state index is -4.11. The summed E-state index contributed by atoms with van der Waals surface area (Å²) in [6.07, 6.45) is 0.152. The number of anilines is 1. The molecular formula is C25H25N3O5S. The summed E-state index contributed by atoms with van der Waals surface area (Å²) >= 11 is 0. The highest BCUT2D eigenvalue weighted by Gasteiger charge is 2.27. The molecule has 2 N–H and O–H groups in total. The van der Waals surface area contributed by atoms with Gasteiger partial charge in [-0.3, -0.25) is 9.36 Å². The van der Waals surface area contributed by atoms with E-state index in [1.165, 1.54) is 29.8 Å². The molecule has 1 atom stereocenters. The molecule has 8 nitrogen and oxygen atoms in total. The van der Waals surface area contributed by atoms with E-state index in [2.05, 4.69) is 10.0 Å². The van der Waals surface area contributed by atoms with Crippen LogP contribution in [0, 0.1) is 13.8 Å². The van der Waals surface area contributed by atoms with Gasteiger partial charge in [0.2, 0.25) is 15.9 Å². The summed E-state index contributed by atoms with van der Waals surface area (Å²) in [5, 5.41) is 2.83. The van der Waals surface area contributed by atoms with Crippen LogP contribution >= 0.6 is 0 Å². The lowest BCUT2D eigenvalue weighted by Gasteiger charge is -2.19. The van der Waals surface area contributed by atoms with Crippen molar-refractivity contribution in [3.05, 3.63) is 94.0 Å². The number of rotatable bonds is 7.